The Hall–Kier alpha value is -0.980. The van der Waals surface area contributed by atoms with E-state index in [1.54, 1.807) is 0 Å². The van der Waals surface area contributed by atoms with Crippen LogP contribution in [0.3, 0.4) is 0 Å². The summed E-state index contributed by atoms with van der Waals surface area (Å²) in [5, 5.41) is 6.36. The SMILES string of the molecule is CNC1CN(C2=CC(N)(CC(C)(C)C)N=C(N)N2)C1.Cl. The fraction of sp³-hybridized carbons (Fsp3) is 0.769. The Morgan fingerprint density at radius 3 is 2.60 bits per heavy atom. The Balaban J connectivity index is 0.00000200. The Labute approximate surface area is 127 Å². The van der Waals surface area contributed by atoms with E-state index in [2.05, 4.69) is 41.3 Å². The maximum Gasteiger partial charge on any atom is 0.196 e. The van der Waals surface area contributed by atoms with Gasteiger partial charge in [-0.1, -0.05) is 20.8 Å². The van der Waals surface area contributed by atoms with Gasteiger partial charge in [-0.25, -0.2) is 4.99 Å². The number of hydrogen-bond acceptors (Lipinski definition) is 6. The first-order chi connectivity index (χ1) is 8.71. The zero-order valence-electron chi connectivity index (χ0n) is 12.7. The van der Waals surface area contributed by atoms with Crippen LogP contribution in [0.15, 0.2) is 16.9 Å². The van der Waals surface area contributed by atoms with Crippen LogP contribution < -0.4 is 22.1 Å². The number of halogens is 1. The molecule has 1 atom stereocenters. The zero-order valence-corrected chi connectivity index (χ0v) is 13.5. The molecule has 1 fully saturated rings. The van der Waals surface area contributed by atoms with Gasteiger partial charge in [0.15, 0.2) is 5.96 Å². The van der Waals surface area contributed by atoms with Crippen LogP contribution in [0.2, 0.25) is 0 Å². The lowest BCUT2D eigenvalue weighted by atomic mass is 9.84. The van der Waals surface area contributed by atoms with Crippen LogP contribution in [0.4, 0.5) is 0 Å². The van der Waals surface area contributed by atoms with Crippen LogP contribution in [0.5, 0.6) is 0 Å². The second-order valence-electron chi connectivity index (χ2n) is 6.77. The normalized spacial score (nSPS) is 26.9. The molecule has 2 rings (SSSR count). The van der Waals surface area contributed by atoms with Gasteiger partial charge in [-0.05, 0) is 25.0 Å². The van der Waals surface area contributed by atoms with Gasteiger partial charge in [0.1, 0.15) is 11.5 Å². The number of nitrogens with two attached hydrogens (primary N) is 2. The van der Waals surface area contributed by atoms with Gasteiger partial charge >= 0.3 is 0 Å². The third-order valence-corrected chi connectivity index (χ3v) is 3.42. The van der Waals surface area contributed by atoms with E-state index >= 15 is 0 Å². The second kappa shape index (κ2) is 5.79. The van der Waals surface area contributed by atoms with Crippen molar-refractivity contribution in [1.29, 1.82) is 0 Å². The van der Waals surface area contributed by atoms with Crippen LogP contribution in [0.25, 0.3) is 0 Å². The van der Waals surface area contributed by atoms with Gasteiger partial charge in [0.25, 0.3) is 0 Å². The first-order valence-corrected chi connectivity index (χ1v) is 6.77. The number of aliphatic imine (C=N–C) groups is 1. The van der Waals surface area contributed by atoms with Gasteiger partial charge in [0, 0.05) is 19.1 Å². The molecule has 2 heterocycles. The number of guanidine groups is 1. The summed E-state index contributed by atoms with van der Waals surface area (Å²) in [4.78, 5) is 6.60. The Morgan fingerprint density at radius 1 is 1.50 bits per heavy atom. The summed E-state index contributed by atoms with van der Waals surface area (Å²) >= 11 is 0. The highest BCUT2D eigenvalue weighted by Gasteiger charge is 2.35. The molecule has 0 amide bonds. The molecule has 6 nitrogen and oxygen atoms in total. The van der Waals surface area contributed by atoms with Crippen molar-refractivity contribution in [3.8, 4) is 0 Å². The molecule has 0 aromatic carbocycles. The average molecular weight is 303 g/mol. The molecule has 0 aliphatic carbocycles. The predicted molar refractivity (Wildman–Crippen MR) is 85.5 cm³/mol. The van der Waals surface area contributed by atoms with Crippen molar-refractivity contribution in [3.63, 3.8) is 0 Å². The maximum atomic E-state index is 6.38. The number of likely N-dealkylation sites (tertiary alicyclic amines) is 1. The minimum Gasteiger partial charge on any atom is -0.370 e. The molecule has 0 radical (unpaired) electrons. The van der Waals surface area contributed by atoms with Crippen LogP contribution in [-0.2, 0) is 0 Å². The molecular weight excluding hydrogens is 276 g/mol. The number of nitrogens with zero attached hydrogens (tertiary/aromatic N) is 2. The molecule has 1 saturated heterocycles. The molecule has 0 aromatic rings. The van der Waals surface area contributed by atoms with Crippen molar-refractivity contribution in [2.75, 3.05) is 20.1 Å². The molecule has 2 aliphatic heterocycles. The molecular formula is C13H27ClN6. The van der Waals surface area contributed by atoms with Gasteiger partial charge in [-0.2, -0.15) is 0 Å². The van der Waals surface area contributed by atoms with Crippen LogP contribution >= 0.6 is 12.4 Å². The molecule has 0 spiro atoms. The van der Waals surface area contributed by atoms with E-state index < -0.39 is 5.66 Å². The minimum atomic E-state index is -0.715. The van der Waals surface area contributed by atoms with Gasteiger partial charge in [0.2, 0.25) is 0 Å². The van der Waals surface area contributed by atoms with Gasteiger partial charge in [-0.15, -0.1) is 12.4 Å². The summed E-state index contributed by atoms with van der Waals surface area (Å²) < 4.78 is 0. The highest BCUT2D eigenvalue weighted by Crippen LogP contribution is 2.30. The minimum absolute atomic E-state index is 0. The summed E-state index contributed by atoms with van der Waals surface area (Å²) in [6, 6.07) is 0.539. The van der Waals surface area contributed by atoms with Crippen LogP contribution in [0, 0.1) is 5.41 Å². The molecule has 20 heavy (non-hydrogen) atoms. The largest absolute Gasteiger partial charge is 0.370 e. The Bertz CT molecular complexity index is 408. The lowest BCUT2D eigenvalue weighted by molar-refractivity contribution is 0.165. The van der Waals surface area contributed by atoms with E-state index in [1.165, 1.54) is 0 Å². The number of rotatable bonds is 3. The molecule has 0 saturated carbocycles. The monoisotopic (exact) mass is 302 g/mol. The van der Waals surface area contributed by atoms with Gasteiger partial charge in [0.05, 0.1) is 0 Å². The smallest absolute Gasteiger partial charge is 0.196 e. The highest BCUT2D eigenvalue weighted by atomic mass is 35.5. The molecule has 0 aromatic heterocycles. The van der Waals surface area contributed by atoms with Gasteiger partial charge < -0.3 is 27.0 Å². The van der Waals surface area contributed by atoms with Crippen molar-refractivity contribution in [1.82, 2.24) is 15.5 Å². The topological polar surface area (TPSA) is 91.7 Å². The second-order valence-corrected chi connectivity index (χ2v) is 6.77. The average Bonchev–Trinajstić information content (AvgIpc) is 2.09. The van der Waals surface area contributed by atoms with Crippen LogP contribution in [-0.4, -0.2) is 42.7 Å². The Kier molecular flexibility index (Phi) is 4.94. The third-order valence-electron chi connectivity index (χ3n) is 3.42. The van der Waals surface area contributed by atoms with Crippen molar-refractivity contribution < 1.29 is 0 Å². The summed E-state index contributed by atoms with van der Waals surface area (Å²) in [6.07, 6.45) is 2.76. The van der Waals surface area contributed by atoms with Crippen molar-refractivity contribution >= 4 is 18.4 Å². The lowest BCUT2D eigenvalue weighted by Crippen LogP contribution is -2.60. The predicted octanol–water partition coefficient (Wildman–Crippen LogP) is 0.162. The number of hydrogen-bond donors (Lipinski definition) is 4. The fourth-order valence-corrected chi connectivity index (χ4v) is 2.66. The molecule has 2 aliphatic rings. The summed E-state index contributed by atoms with van der Waals surface area (Å²) in [7, 11) is 1.98. The molecule has 6 N–H and O–H groups in total. The third kappa shape index (κ3) is 4.01. The van der Waals surface area contributed by atoms with E-state index in [0.717, 1.165) is 25.3 Å². The van der Waals surface area contributed by atoms with E-state index in [-0.39, 0.29) is 17.8 Å². The van der Waals surface area contributed by atoms with E-state index in [9.17, 15) is 0 Å². The Morgan fingerprint density at radius 2 is 2.10 bits per heavy atom. The van der Waals surface area contributed by atoms with Gasteiger partial charge in [-0.3, -0.25) is 0 Å². The maximum absolute atomic E-state index is 6.38. The van der Waals surface area contributed by atoms with E-state index in [0.29, 0.717) is 12.0 Å². The van der Waals surface area contributed by atoms with Crippen molar-refractivity contribution in [3.05, 3.63) is 11.9 Å². The van der Waals surface area contributed by atoms with Crippen LogP contribution in [0.1, 0.15) is 27.2 Å². The molecule has 7 heteroatoms. The summed E-state index contributed by atoms with van der Waals surface area (Å²) in [5.74, 6) is 1.38. The highest BCUT2D eigenvalue weighted by molar-refractivity contribution is 5.85. The standard InChI is InChI=1S/C13H26N6.ClH/c1-12(2,3)8-13(15)5-10(17-11(14)18-13)19-6-9(7-19)16-4;/h5,9,16H,6-8,15H2,1-4H3,(H3,14,17,18);1H. The number of likely N-dealkylation sites (N-methyl/N-ethyl adjacent to an activating group) is 1. The fourth-order valence-electron chi connectivity index (χ4n) is 2.66. The molecule has 0 bridgehead atoms. The lowest BCUT2D eigenvalue weighted by Gasteiger charge is -2.44. The molecule has 1 unspecified atom stereocenters. The van der Waals surface area contributed by atoms with Crippen molar-refractivity contribution in [2.24, 2.45) is 21.9 Å². The summed E-state index contributed by atoms with van der Waals surface area (Å²) in [5.41, 5.74) is 11.6. The number of nitrogens with one attached hydrogen (secondary N) is 2. The summed E-state index contributed by atoms with van der Waals surface area (Å²) in [6.45, 7) is 8.40. The molecule has 116 valence electrons. The van der Waals surface area contributed by atoms with Crippen molar-refractivity contribution in [2.45, 2.75) is 38.9 Å². The zero-order chi connectivity index (χ0) is 14.3. The van der Waals surface area contributed by atoms with E-state index in [4.69, 9.17) is 11.5 Å². The quantitative estimate of drug-likeness (QED) is 0.596. The van der Waals surface area contributed by atoms with E-state index in [1.807, 2.05) is 13.1 Å². The first kappa shape index (κ1) is 17.1. The first-order valence-electron chi connectivity index (χ1n) is 6.77.